The second-order valence-electron chi connectivity index (χ2n) is 5.45. The van der Waals surface area contributed by atoms with Crippen LogP contribution >= 0.6 is 0 Å². The molecule has 0 aliphatic heterocycles. The van der Waals surface area contributed by atoms with E-state index in [9.17, 15) is 14.5 Å². The van der Waals surface area contributed by atoms with E-state index in [2.05, 4.69) is 9.97 Å². The van der Waals surface area contributed by atoms with Gasteiger partial charge in [0, 0.05) is 12.4 Å². The lowest BCUT2D eigenvalue weighted by molar-refractivity contribution is -0.388. The van der Waals surface area contributed by atoms with Crippen LogP contribution in [0.1, 0.15) is 0 Å². The van der Waals surface area contributed by atoms with Gasteiger partial charge in [-0.25, -0.2) is 9.37 Å². The Kier molecular flexibility index (Phi) is 3.46. The summed E-state index contributed by atoms with van der Waals surface area (Å²) in [6.45, 7) is 0. The van der Waals surface area contributed by atoms with Crippen LogP contribution in [0.5, 0.6) is 0 Å². The summed E-state index contributed by atoms with van der Waals surface area (Å²) >= 11 is 0. The van der Waals surface area contributed by atoms with Gasteiger partial charge < -0.3 is 14.5 Å². The highest BCUT2D eigenvalue weighted by molar-refractivity contribution is 5.71. The zero-order valence-corrected chi connectivity index (χ0v) is 12.8. The Morgan fingerprint density at radius 2 is 1.76 bits per heavy atom. The molecular weight excluding hydrogens is 323 g/mol. The fourth-order valence-corrected chi connectivity index (χ4v) is 2.68. The van der Waals surface area contributed by atoms with E-state index in [-0.39, 0.29) is 11.6 Å². The molecular formula is C18H11FN4O2. The first-order valence-corrected chi connectivity index (χ1v) is 7.46. The average molecular weight is 334 g/mol. The van der Waals surface area contributed by atoms with Gasteiger partial charge in [0.25, 0.3) is 0 Å². The third-order valence-electron chi connectivity index (χ3n) is 3.86. The Bertz CT molecular complexity index is 1090. The standard InChI is InChI=1S/C18H11FN4O2/c19-14-6-3-12(4-7-14)13-5-8-17-21-16(11-22(17)10-13)15-2-1-9-20-18(15)23(24)25/h1-11H. The van der Waals surface area contributed by atoms with Gasteiger partial charge in [-0.05, 0) is 57.4 Å². The van der Waals surface area contributed by atoms with E-state index in [1.165, 1.54) is 18.3 Å². The number of fused-ring (bicyclic) bond motifs is 1. The molecule has 0 radical (unpaired) electrons. The van der Waals surface area contributed by atoms with Crippen LogP contribution in [0.4, 0.5) is 10.2 Å². The summed E-state index contributed by atoms with van der Waals surface area (Å²) in [4.78, 5) is 18.9. The van der Waals surface area contributed by atoms with Crippen molar-refractivity contribution in [2.45, 2.75) is 0 Å². The van der Waals surface area contributed by atoms with Crippen LogP contribution in [0.25, 0.3) is 28.0 Å². The summed E-state index contributed by atoms with van der Waals surface area (Å²) in [5, 5.41) is 11.2. The van der Waals surface area contributed by atoms with E-state index in [1.807, 2.05) is 18.3 Å². The molecule has 0 saturated heterocycles. The van der Waals surface area contributed by atoms with Crippen LogP contribution in [0.15, 0.2) is 67.1 Å². The average Bonchev–Trinajstić information content (AvgIpc) is 3.05. The van der Waals surface area contributed by atoms with E-state index in [0.29, 0.717) is 16.9 Å². The van der Waals surface area contributed by atoms with Gasteiger partial charge in [0.2, 0.25) is 0 Å². The van der Waals surface area contributed by atoms with Crippen LogP contribution < -0.4 is 0 Å². The van der Waals surface area contributed by atoms with Crippen LogP contribution in [-0.2, 0) is 0 Å². The maximum atomic E-state index is 13.1. The maximum Gasteiger partial charge on any atom is 0.372 e. The lowest BCUT2D eigenvalue weighted by Gasteiger charge is -2.02. The maximum absolute atomic E-state index is 13.1. The van der Waals surface area contributed by atoms with Crippen molar-refractivity contribution in [1.82, 2.24) is 14.4 Å². The quantitative estimate of drug-likeness (QED) is 0.417. The van der Waals surface area contributed by atoms with E-state index >= 15 is 0 Å². The van der Waals surface area contributed by atoms with Gasteiger partial charge in [0.05, 0.1) is 11.3 Å². The summed E-state index contributed by atoms with van der Waals surface area (Å²) in [5.74, 6) is -0.525. The van der Waals surface area contributed by atoms with Gasteiger partial charge >= 0.3 is 5.82 Å². The predicted octanol–water partition coefficient (Wildman–Crippen LogP) is 4.11. The third kappa shape index (κ3) is 2.72. The minimum absolute atomic E-state index is 0.232. The Balaban J connectivity index is 1.81. The molecule has 7 heteroatoms. The lowest BCUT2D eigenvalue weighted by Crippen LogP contribution is -1.94. The van der Waals surface area contributed by atoms with Crippen LogP contribution in [0, 0.1) is 15.9 Å². The molecule has 122 valence electrons. The first-order valence-electron chi connectivity index (χ1n) is 7.46. The molecule has 0 atom stereocenters. The predicted molar refractivity (Wildman–Crippen MR) is 90.5 cm³/mol. The smallest absolute Gasteiger partial charge is 0.358 e. The molecule has 0 unspecified atom stereocenters. The SMILES string of the molecule is O=[N+]([O-])c1ncccc1-c1cn2cc(-c3ccc(F)cc3)ccc2n1. The van der Waals surface area contributed by atoms with Crippen molar-refractivity contribution in [2.24, 2.45) is 0 Å². The fourth-order valence-electron chi connectivity index (χ4n) is 2.68. The topological polar surface area (TPSA) is 73.3 Å². The number of nitro groups is 1. The fraction of sp³-hybridized carbons (Fsp3) is 0. The highest BCUT2D eigenvalue weighted by Crippen LogP contribution is 2.28. The molecule has 6 nitrogen and oxygen atoms in total. The third-order valence-corrected chi connectivity index (χ3v) is 3.86. The minimum Gasteiger partial charge on any atom is -0.358 e. The molecule has 0 amide bonds. The zero-order chi connectivity index (χ0) is 17.4. The molecule has 0 bridgehead atoms. The number of hydrogen-bond acceptors (Lipinski definition) is 4. The summed E-state index contributed by atoms with van der Waals surface area (Å²) in [5.41, 5.74) is 3.23. The molecule has 0 saturated carbocycles. The van der Waals surface area contributed by atoms with Crippen molar-refractivity contribution in [3.8, 4) is 22.4 Å². The Morgan fingerprint density at radius 3 is 2.52 bits per heavy atom. The second-order valence-corrected chi connectivity index (χ2v) is 5.45. The zero-order valence-electron chi connectivity index (χ0n) is 12.8. The summed E-state index contributed by atoms with van der Waals surface area (Å²) in [7, 11) is 0. The van der Waals surface area contributed by atoms with Gasteiger partial charge in [-0.15, -0.1) is 0 Å². The summed E-state index contributed by atoms with van der Waals surface area (Å²) < 4.78 is 14.9. The van der Waals surface area contributed by atoms with Crippen LogP contribution in [0.3, 0.4) is 0 Å². The Labute approximate surface area is 141 Å². The van der Waals surface area contributed by atoms with Gasteiger partial charge in [-0.2, -0.15) is 0 Å². The minimum atomic E-state index is -0.525. The second kappa shape index (κ2) is 5.79. The Hall–Kier alpha value is -3.61. The van der Waals surface area contributed by atoms with Crippen molar-refractivity contribution in [2.75, 3.05) is 0 Å². The van der Waals surface area contributed by atoms with Gasteiger partial charge in [-0.1, -0.05) is 12.1 Å². The number of nitrogens with zero attached hydrogens (tertiary/aromatic N) is 4. The van der Waals surface area contributed by atoms with Crippen LogP contribution in [0.2, 0.25) is 0 Å². The van der Waals surface area contributed by atoms with Crippen LogP contribution in [-0.4, -0.2) is 19.3 Å². The van der Waals surface area contributed by atoms with Gasteiger partial charge in [0.15, 0.2) is 0 Å². The molecule has 3 aromatic heterocycles. The number of pyridine rings is 2. The van der Waals surface area contributed by atoms with E-state index in [1.54, 1.807) is 34.9 Å². The van der Waals surface area contributed by atoms with Gasteiger partial charge in [-0.3, -0.25) is 0 Å². The van der Waals surface area contributed by atoms with Crippen molar-refractivity contribution in [3.63, 3.8) is 0 Å². The summed E-state index contributed by atoms with van der Waals surface area (Å²) in [6, 6.07) is 13.1. The number of halogens is 1. The Morgan fingerprint density at radius 1 is 1.00 bits per heavy atom. The summed E-state index contributed by atoms with van der Waals surface area (Å²) in [6.07, 6.45) is 4.94. The molecule has 0 spiro atoms. The molecule has 4 aromatic rings. The van der Waals surface area contributed by atoms with Crippen molar-refractivity contribution in [3.05, 3.63) is 83.1 Å². The van der Waals surface area contributed by atoms with Crippen molar-refractivity contribution >= 4 is 11.5 Å². The molecule has 0 N–H and O–H groups in total. The number of benzene rings is 1. The largest absolute Gasteiger partial charge is 0.372 e. The molecule has 1 aromatic carbocycles. The van der Waals surface area contributed by atoms with Crippen molar-refractivity contribution in [1.29, 1.82) is 0 Å². The number of hydrogen-bond donors (Lipinski definition) is 0. The number of imidazole rings is 1. The first-order chi connectivity index (χ1) is 12.1. The first kappa shape index (κ1) is 14.9. The molecule has 0 aliphatic carbocycles. The lowest BCUT2D eigenvalue weighted by atomic mass is 10.1. The molecule has 4 rings (SSSR count). The normalized spacial score (nSPS) is 10.9. The monoisotopic (exact) mass is 334 g/mol. The van der Waals surface area contributed by atoms with E-state index in [4.69, 9.17) is 0 Å². The van der Waals surface area contributed by atoms with Gasteiger partial charge in [0.1, 0.15) is 17.7 Å². The van der Waals surface area contributed by atoms with E-state index in [0.717, 1.165) is 11.1 Å². The molecule has 0 aliphatic rings. The number of aromatic nitrogens is 3. The molecule has 25 heavy (non-hydrogen) atoms. The van der Waals surface area contributed by atoms with E-state index < -0.39 is 4.92 Å². The van der Waals surface area contributed by atoms with Crippen molar-refractivity contribution < 1.29 is 9.31 Å². The highest BCUT2D eigenvalue weighted by atomic mass is 19.1. The molecule has 3 heterocycles. The molecule has 0 fully saturated rings. The highest BCUT2D eigenvalue weighted by Gasteiger charge is 2.18. The number of rotatable bonds is 3.